The molecular formula is C14H18N2O3. The maximum Gasteiger partial charge on any atom is 0.232 e. The summed E-state index contributed by atoms with van der Waals surface area (Å²) in [6.07, 6.45) is 4.40. The summed E-state index contributed by atoms with van der Waals surface area (Å²) in [6.45, 7) is 3.54. The van der Waals surface area contributed by atoms with Gasteiger partial charge in [0, 0.05) is 25.2 Å². The molecule has 1 N–H and O–H groups in total. The van der Waals surface area contributed by atoms with Crippen molar-refractivity contribution in [3.05, 3.63) is 30.2 Å². The maximum atomic E-state index is 12.0. The summed E-state index contributed by atoms with van der Waals surface area (Å²) in [5, 5.41) is 2.63. The van der Waals surface area contributed by atoms with Crippen LogP contribution in [0.15, 0.2) is 28.9 Å². The van der Waals surface area contributed by atoms with Gasteiger partial charge >= 0.3 is 0 Å². The number of hydrogen-bond acceptors (Lipinski definition) is 3. The lowest BCUT2D eigenvalue weighted by molar-refractivity contribution is -0.135. The number of furan rings is 1. The van der Waals surface area contributed by atoms with Crippen molar-refractivity contribution in [3.8, 4) is 0 Å². The van der Waals surface area contributed by atoms with Gasteiger partial charge in [0.15, 0.2) is 0 Å². The molecule has 1 aliphatic rings. The molecule has 0 saturated carbocycles. The highest BCUT2D eigenvalue weighted by Gasteiger charge is 2.21. The van der Waals surface area contributed by atoms with E-state index < -0.39 is 0 Å². The third-order valence-electron chi connectivity index (χ3n) is 3.03. The maximum absolute atomic E-state index is 12.0. The molecule has 0 aliphatic carbocycles. The summed E-state index contributed by atoms with van der Waals surface area (Å²) in [6, 6.07) is 3.70. The molecule has 1 aliphatic heterocycles. The van der Waals surface area contributed by atoms with E-state index in [1.807, 2.05) is 19.1 Å². The second-order valence-corrected chi connectivity index (χ2v) is 4.44. The Morgan fingerprint density at radius 2 is 2.32 bits per heavy atom. The molecule has 0 aromatic carbocycles. The normalized spacial score (nSPS) is 15.0. The van der Waals surface area contributed by atoms with Gasteiger partial charge in [-0.05, 0) is 25.5 Å². The molecule has 0 radical (unpaired) electrons. The fourth-order valence-corrected chi connectivity index (χ4v) is 2.11. The van der Waals surface area contributed by atoms with Gasteiger partial charge in [0.05, 0.1) is 6.26 Å². The zero-order valence-corrected chi connectivity index (χ0v) is 11.0. The van der Waals surface area contributed by atoms with Gasteiger partial charge in [0.1, 0.15) is 12.2 Å². The van der Waals surface area contributed by atoms with E-state index in [9.17, 15) is 9.59 Å². The van der Waals surface area contributed by atoms with Gasteiger partial charge in [-0.2, -0.15) is 0 Å². The van der Waals surface area contributed by atoms with E-state index in [2.05, 4.69) is 11.4 Å². The highest BCUT2D eigenvalue weighted by molar-refractivity contribution is 5.97. The average Bonchev–Trinajstić information content (AvgIpc) is 2.93. The summed E-state index contributed by atoms with van der Waals surface area (Å²) in [7, 11) is 0. The van der Waals surface area contributed by atoms with Gasteiger partial charge < -0.3 is 14.6 Å². The summed E-state index contributed by atoms with van der Waals surface area (Å²) in [5.74, 6) is 0.431. The quantitative estimate of drug-likeness (QED) is 0.835. The van der Waals surface area contributed by atoms with E-state index >= 15 is 0 Å². The van der Waals surface area contributed by atoms with Crippen LogP contribution in [0.3, 0.4) is 0 Å². The lowest BCUT2D eigenvalue weighted by Gasteiger charge is -2.26. The van der Waals surface area contributed by atoms with Crippen LogP contribution in [0.25, 0.3) is 5.57 Å². The van der Waals surface area contributed by atoms with Crippen molar-refractivity contribution < 1.29 is 14.0 Å². The van der Waals surface area contributed by atoms with Crippen LogP contribution in [-0.4, -0.2) is 36.3 Å². The first-order valence-electron chi connectivity index (χ1n) is 6.48. The molecule has 0 saturated heterocycles. The monoisotopic (exact) mass is 262 g/mol. The van der Waals surface area contributed by atoms with Crippen LogP contribution < -0.4 is 5.32 Å². The van der Waals surface area contributed by atoms with Gasteiger partial charge in [-0.25, -0.2) is 0 Å². The molecule has 2 rings (SSSR count). The van der Waals surface area contributed by atoms with E-state index in [0.29, 0.717) is 19.6 Å². The van der Waals surface area contributed by atoms with Crippen molar-refractivity contribution >= 4 is 17.4 Å². The van der Waals surface area contributed by atoms with Crippen molar-refractivity contribution in [2.75, 3.05) is 19.6 Å². The number of carbonyl (C=O) groups excluding carboxylic acids is 2. The minimum atomic E-state index is -0.221. The zero-order valence-electron chi connectivity index (χ0n) is 11.0. The van der Waals surface area contributed by atoms with E-state index in [1.165, 1.54) is 0 Å². The SMILES string of the molecule is CCNC(=O)CC(=O)N1CCC=C(c2ccco2)C1. The van der Waals surface area contributed by atoms with Crippen LogP contribution in [0.4, 0.5) is 0 Å². The molecule has 0 bridgehead atoms. The van der Waals surface area contributed by atoms with Crippen LogP contribution in [0.5, 0.6) is 0 Å². The van der Waals surface area contributed by atoms with Crippen LogP contribution >= 0.6 is 0 Å². The Morgan fingerprint density at radius 1 is 1.47 bits per heavy atom. The van der Waals surface area contributed by atoms with E-state index in [1.54, 1.807) is 11.2 Å². The topological polar surface area (TPSA) is 62.6 Å². The summed E-state index contributed by atoms with van der Waals surface area (Å²) >= 11 is 0. The Kier molecular flexibility index (Phi) is 4.39. The lowest BCUT2D eigenvalue weighted by atomic mass is 10.1. The predicted molar refractivity (Wildman–Crippen MR) is 71.2 cm³/mol. The van der Waals surface area contributed by atoms with E-state index in [0.717, 1.165) is 17.8 Å². The second kappa shape index (κ2) is 6.22. The third kappa shape index (κ3) is 3.47. The highest BCUT2D eigenvalue weighted by Crippen LogP contribution is 2.21. The first-order valence-corrected chi connectivity index (χ1v) is 6.48. The molecule has 2 heterocycles. The molecule has 2 amide bonds. The molecule has 19 heavy (non-hydrogen) atoms. The number of rotatable bonds is 4. The van der Waals surface area contributed by atoms with Gasteiger partial charge in [0.25, 0.3) is 0 Å². The van der Waals surface area contributed by atoms with Gasteiger partial charge in [-0.1, -0.05) is 6.08 Å². The molecule has 0 spiro atoms. The molecule has 5 nitrogen and oxygen atoms in total. The largest absolute Gasteiger partial charge is 0.465 e. The minimum absolute atomic E-state index is 0.0841. The molecule has 0 unspecified atom stereocenters. The Morgan fingerprint density at radius 3 is 3.00 bits per heavy atom. The number of amides is 2. The second-order valence-electron chi connectivity index (χ2n) is 4.44. The Balaban J connectivity index is 1.94. The highest BCUT2D eigenvalue weighted by atomic mass is 16.3. The molecule has 1 aromatic heterocycles. The first kappa shape index (κ1) is 13.4. The van der Waals surface area contributed by atoms with E-state index in [-0.39, 0.29) is 18.2 Å². The van der Waals surface area contributed by atoms with Gasteiger partial charge in [-0.3, -0.25) is 9.59 Å². The number of nitrogens with zero attached hydrogens (tertiary/aromatic N) is 1. The third-order valence-corrected chi connectivity index (χ3v) is 3.03. The fourth-order valence-electron chi connectivity index (χ4n) is 2.11. The molecule has 0 atom stereocenters. The molecule has 0 fully saturated rings. The van der Waals surface area contributed by atoms with Crippen molar-refractivity contribution in [2.45, 2.75) is 19.8 Å². The Labute approximate surface area is 112 Å². The molecule has 102 valence electrons. The Bertz CT molecular complexity index is 477. The average molecular weight is 262 g/mol. The summed E-state index contributed by atoms with van der Waals surface area (Å²) in [4.78, 5) is 25.1. The van der Waals surface area contributed by atoms with Crippen LogP contribution in [-0.2, 0) is 9.59 Å². The molecule has 5 heteroatoms. The smallest absolute Gasteiger partial charge is 0.232 e. The van der Waals surface area contributed by atoms with Crippen LogP contribution in [0.1, 0.15) is 25.5 Å². The van der Waals surface area contributed by atoms with Gasteiger partial charge in [0.2, 0.25) is 11.8 Å². The zero-order chi connectivity index (χ0) is 13.7. The number of carbonyl (C=O) groups is 2. The van der Waals surface area contributed by atoms with Crippen molar-refractivity contribution in [2.24, 2.45) is 0 Å². The van der Waals surface area contributed by atoms with Gasteiger partial charge in [-0.15, -0.1) is 0 Å². The summed E-state index contributed by atoms with van der Waals surface area (Å²) in [5.41, 5.74) is 1.00. The van der Waals surface area contributed by atoms with Crippen molar-refractivity contribution in [1.82, 2.24) is 10.2 Å². The summed E-state index contributed by atoms with van der Waals surface area (Å²) < 4.78 is 5.34. The molecular weight excluding hydrogens is 244 g/mol. The fraction of sp³-hybridized carbons (Fsp3) is 0.429. The van der Waals surface area contributed by atoms with Crippen LogP contribution in [0.2, 0.25) is 0 Å². The lowest BCUT2D eigenvalue weighted by Crippen LogP contribution is -2.38. The van der Waals surface area contributed by atoms with E-state index in [4.69, 9.17) is 4.42 Å². The first-order chi connectivity index (χ1) is 9.20. The minimum Gasteiger partial charge on any atom is -0.465 e. The number of nitrogens with one attached hydrogen (secondary N) is 1. The standard InChI is InChI=1S/C14H18N2O3/c1-2-15-13(17)9-14(18)16-7-3-5-11(10-16)12-6-4-8-19-12/h4-6,8H,2-3,7,9-10H2,1H3,(H,15,17). The predicted octanol–water partition coefficient (Wildman–Crippen LogP) is 1.42. The van der Waals surface area contributed by atoms with Crippen LogP contribution in [0, 0.1) is 0 Å². The Hall–Kier alpha value is -2.04. The molecule has 1 aromatic rings. The van der Waals surface area contributed by atoms with Crippen molar-refractivity contribution in [1.29, 1.82) is 0 Å². The van der Waals surface area contributed by atoms with Crippen molar-refractivity contribution in [3.63, 3.8) is 0 Å². The number of hydrogen-bond donors (Lipinski definition) is 1.